The van der Waals surface area contributed by atoms with Crippen molar-refractivity contribution in [3.05, 3.63) is 48.6 Å². The Balaban J connectivity index is 1.82. The number of hydrogen-bond acceptors (Lipinski definition) is 6. The van der Waals surface area contributed by atoms with Gasteiger partial charge in [0.1, 0.15) is 18.7 Å². The molecule has 9 heteroatoms. The zero-order valence-corrected chi connectivity index (χ0v) is 14.5. The number of hydrazine groups is 1. The fraction of sp³-hybridized carbons (Fsp3) is 0.312. The lowest BCUT2D eigenvalue weighted by Crippen LogP contribution is -2.50. The van der Waals surface area contributed by atoms with Crippen molar-refractivity contribution in [3.63, 3.8) is 0 Å². The average Bonchev–Trinajstić information content (AvgIpc) is 2.94. The van der Waals surface area contributed by atoms with Gasteiger partial charge in [0.15, 0.2) is 0 Å². The van der Waals surface area contributed by atoms with Gasteiger partial charge in [0.2, 0.25) is 0 Å². The summed E-state index contributed by atoms with van der Waals surface area (Å²) in [5.74, 6) is -0.790. The summed E-state index contributed by atoms with van der Waals surface area (Å²) in [6, 6.07) is 8.28. The van der Waals surface area contributed by atoms with Crippen LogP contribution in [-0.4, -0.2) is 41.0 Å². The third-order valence-electron chi connectivity index (χ3n) is 3.34. The monoisotopic (exact) mass is 364 g/mol. The Kier molecular flexibility index (Phi) is 6.84. The van der Waals surface area contributed by atoms with Gasteiger partial charge in [-0.2, -0.15) is 4.41 Å². The highest BCUT2D eigenvalue weighted by molar-refractivity contribution is 7.96. The van der Waals surface area contributed by atoms with Crippen molar-refractivity contribution in [1.29, 1.82) is 0 Å². The standard InChI is InChI=1S/C16H20N4O4S/c1-3-9-24-16(23)17-11(2)14(21)18-20-15(22)13(19-25-20)10-12-7-5-4-6-8-12/h3-8,11,13,19H,1,9-10H2,2H3,(H,17,23)(H,18,21)/t11?,13-/m1/s1. The molecule has 1 heterocycles. The lowest BCUT2D eigenvalue weighted by molar-refractivity contribution is -0.135. The Hall–Kier alpha value is -2.52. The molecule has 8 nitrogen and oxygen atoms in total. The van der Waals surface area contributed by atoms with Gasteiger partial charge >= 0.3 is 6.09 Å². The molecule has 134 valence electrons. The van der Waals surface area contributed by atoms with Crippen LogP contribution in [0.4, 0.5) is 4.79 Å². The van der Waals surface area contributed by atoms with Gasteiger partial charge in [-0.05, 0) is 18.9 Å². The number of nitrogens with zero attached hydrogens (tertiary/aromatic N) is 1. The van der Waals surface area contributed by atoms with Crippen molar-refractivity contribution in [2.75, 3.05) is 6.61 Å². The molecule has 2 rings (SSSR count). The smallest absolute Gasteiger partial charge is 0.408 e. The number of amides is 3. The molecule has 1 aliphatic heterocycles. The first-order valence-corrected chi connectivity index (χ1v) is 8.43. The normalized spacial score (nSPS) is 17.7. The number of hydrogen-bond donors (Lipinski definition) is 3. The summed E-state index contributed by atoms with van der Waals surface area (Å²) in [6.07, 6.45) is 1.20. The van der Waals surface area contributed by atoms with Crippen LogP contribution in [0.15, 0.2) is 43.0 Å². The van der Waals surface area contributed by atoms with Crippen molar-refractivity contribution < 1.29 is 19.1 Å². The minimum atomic E-state index is -0.862. The van der Waals surface area contributed by atoms with Crippen molar-refractivity contribution in [2.24, 2.45) is 0 Å². The summed E-state index contributed by atoms with van der Waals surface area (Å²) in [4.78, 5) is 35.8. The summed E-state index contributed by atoms with van der Waals surface area (Å²) < 4.78 is 8.84. The molecule has 0 radical (unpaired) electrons. The lowest BCUT2D eigenvalue weighted by atomic mass is 10.1. The highest BCUT2D eigenvalue weighted by Crippen LogP contribution is 2.18. The molecule has 2 atom stereocenters. The Labute approximate surface area is 150 Å². The Morgan fingerprint density at radius 3 is 2.84 bits per heavy atom. The molecule has 0 spiro atoms. The molecule has 0 bridgehead atoms. The van der Waals surface area contributed by atoms with Crippen LogP contribution in [0.25, 0.3) is 0 Å². The van der Waals surface area contributed by atoms with Crippen LogP contribution >= 0.6 is 12.1 Å². The van der Waals surface area contributed by atoms with E-state index in [1.165, 1.54) is 13.0 Å². The fourth-order valence-electron chi connectivity index (χ4n) is 2.03. The van der Waals surface area contributed by atoms with Gasteiger partial charge in [0.25, 0.3) is 11.8 Å². The minimum Gasteiger partial charge on any atom is -0.445 e. The topological polar surface area (TPSA) is 99.8 Å². The van der Waals surface area contributed by atoms with E-state index in [1.54, 1.807) is 0 Å². The summed E-state index contributed by atoms with van der Waals surface area (Å²) >= 11 is 1.00. The third kappa shape index (κ3) is 5.50. The summed E-state index contributed by atoms with van der Waals surface area (Å²) in [7, 11) is 0. The van der Waals surface area contributed by atoms with E-state index in [-0.39, 0.29) is 12.5 Å². The van der Waals surface area contributed by atoms with Crippen LogP contribution in [0.2, 0.25) is 0 Å². The fourth-order valence-corrected chi connectivity index (χ4v) is 2.80. The zero-order chi connectivity index (χ0) is 18.2. The lowest BCUT2D eigenvalue weighted by Gasteiger charge is -2.18. The minimum absolute atomic E-state index is 0.0473. The molecular weight excluding hydrogens is 344 g/mol. The molecule has 1 saturated heterocycles. The highest BCUT2D eigenvalue weighted by Gasteiger charge is 2.34. The quantitative estimate of drug-likeness (QED) is 0.492. The first-order chi connectivity index (χ1) is 12.0. The summed E-state index contributed by atoms with van der Waals surface area (Å²) in [5, 5.41) is 2.37. The predicted octanol–water partition coefficient (Wildman–Crippen LogP) is 0.925. The van der Waals surface area contributed by atoms with Crippen molar-refractivity contribution >= 4 is 30.0 Å². The van der Waals surface area contributed by atoms with E-state index in [2.05, 4.69) is 22.0 Å². The largest absolute Gasteiger partial charge is 0.445 e. The van der Waals surface area contributed by atoms with Crippen molar-refractivity contribution in [3.8, 4) is 0 Å². The first-order valence-electron chi connectivity index (χ1n) is 7.66. The highest BCUT2D eigenvalue weighted by atomic mass is 32.2. The zero-order valence-electron chi connectivity index (χ0n) is 13.7. The predicted molar refractivity (Wildman–Crippen MR) is 93.8 cm³/mol. The second-order valence-electron chi connectivity index (χ2n) is 5.31. The van der Waals surface area contributed by atoms with Gasteiger partial charge in [0.05, 0.1) is 12.1 Å². The van der Waals surface area contributed by atoms with Crippen LogP contribution in [-0.2, 0) is 20.7 Å². The molecular formula is C16H20N4O4S. The van der Waals surface area contributed by atoms with E-state index in [0.29, 0.717) is 6.42 Å². The molecule has 1 aromatic carbocycles. The molecule has 1 fully saturated rings. The van der Waals surface area contributed by atoms with Gasteiger partial charge in [-0.15, -0.1) is 0 Å². The maximum atomic E-state index is 12.3. The molecule has 1 aliphatic rings. The first kappa shape index (κ1) is 18.8. The second kappa shape index (κ2) is 9.09. The molecule has 1 aromatic rings. The molecule has 1 unspecified atom stereocenters. The Bertz CT molecular complexity index is 640. The van der Waals surface area contributed by atoms with Gasteiger partial charge < -0.3 is 10.1 Å². The Morgan fingerprint density at radius 1 is 1.44 bits per heavy atom. The van der Waals surface area contributed by atoms with E-state index >= 15 is 0 Å². The number of benzene rings is 1. The number of alkyl carbamates (subject to hydrolysis) is 1. The maximum Gasteiger partial charge on any atom is 0.408 e. The number of carbonyl (C=O) groups excluding carboxylic acids is 3. The molecule has 0 aliphatic carbocycles. The van der Waals surface area contributed by atoms with Crippen molar-refractivity contribution in [2.45, 2.75) is 25.4 Å². The van der Waals surface area contributed by atoms with Gasteiger partial charge in [-0.25, -0.2) is 9.52 Å². The summed E-state index contributed by atoms with van der Waals surface area (Å²) in [6.45, 7) is 4.96. The number of nitrogens with one attached hydrogen (secondary N) is 3. The third-order valence-corrected chi connectivity index (χ3v) is 4.18. The van der Waals surface area contributed by atoms with Gasteiger partial charge in [-0.1, -0.05) is 43.0 Å². The average molecular weight is 364 g/mol. The molecule has 3 amide bonds. The van der Waals surface area contributed by atoms with E-state index in [9.17, 15) is 14.4 Å². The second-order valence-corrected chi connectivity index (χ2v) is 6.10. The van der Waals surface area contributed by atoms with E-state index in [0.717, 1.165) is 22.1 Å². The molecule has 25 heavy (non-hydrogen) atoms. The number of carbonyl (C=O) groups is 3. The molecule has 0 saturated carbocycles. The van der Waals surface area contributed by atoms with E-state index in [1.807, 2.05) is 30.3 Å². The van der Waals surface area contributed by atoms with Gasteiger partial charge in [-0.3, -0.25) is 15.0 Å². The SMILES string of the molecule is C=CCOC(=O)NC(C)C(=O)NN1SN[C@H](Cc2ccccc2)C1=O. The van der Waals surface area contributed by atoms with Crippen LogP contribution in [0.3, 0.4) is 0 Å². The Morgan fingerprint density at radius 2 is 2.16 bits per heavy atom. The van der Waals surface area contributed by atoms with E-state index < -0.39 is 24.1 Å². The van der Waals surface area contributed by atoms with Crippen LogP contribution in [0.1, 0.15) is 12.5 Å². The van der Waals surface area contributed by atoms with Crippen LogP contribution in [0, 0.1) is 0 Å². The number of rotatable bonds is 7. The van der Waals surface area contributed by atoms with Crippen LogP contribution in [0.5, 0.6) is 0 Å². The molecule has 3 N–H and O–H groups in total. The number of ether oxygens (including phenoxy) is 1. The maximum absolute atomic E-state index is 12.3. The van der Waals surface area contributed by atoms with Crippen LogP contribution < -0.4 is 15.5 Å². The van der Waals surface area contributed by atoms with E-state index in [4.69, 9.17) is 4.74 Å². The van der Waals surface area contributed by atoms with Crippen molar-refractivity contribution in [1.82, 2.24) is 19.9 Å². The summed E-state index contributed by atoms with van der Waals surface area (Å²) in [5.41, 5.74) is 3.48. The van der Waals surface area contributed by atoms with Gasteiger partial charge in [0, 0.05) is 0 Å². The molecule has 0 aromatic heterocycles.